The van der Waals surface area contributed by atoms with Crippen molar-refractivity contribution in [3.05, 3.63) is 40.3 Å². The second kappa shape index (κ2) is 7.60. The second-order valence-corrected chi connectivity index (χ2v) is 8.65. The molecule has 0 saturated heterocycles. The summed E-state index contributed by atoms with van der Waals surface area (Å²) >= 11 is 4.18. The van der Waals surface area contributed by atoms with Gasteiger partial charge in [-0.3, -0.25) is 19.5 Å². The van der Waals surface area contributed by atoms with Gasteiger partial charge in [0.05, 0.1) is 21.2 Å². The highest BCUT2D eigenvalue weighted by Gasteiger charge is 2.19. The summed E-state index contributed by atoms with van der Waals surface area (Å²) in [6, 6.07) is 1.84. The van der Waals surface area contributed by atoms with Crippen LogP contribution in [0.15, 0.2) is 21.9 Å². The number of rotatable bonds is 6. The number of anilines is 1. The predicted octanol–water partition coefficient (Wildman–Crippen LogP) is 3.15. The van der Waals surface area contributed by atoms with Crippen LogP contribution in [0.25, 0.3) is 5.13 Å². The van der Waals surface area contributed by atoms with Gasteiger partial charge in [0.15, 0.2) is 10.3 Å². The van der Waals surface area contributed by atoms with Gasteiger partial charge in [-0.1, -0.05) is 11.3 Å². The third-order valence-corrected chi connectivity index (χ3v) is 6.82. The summed E-state index contributed by atoms with van der Waals surface area (Å²) in [5, 5.41) is 6.07. The number of carbonyl (C=O) groups is 2. The van der Waals surface area contributed by atoms with Gasteiger partial charge >= 0.3 is 0 Å². The van der Waals surface area contributed by atoms with Gasteiger partial charge in [-0.2, -0.15) is 0 Å². The molecule has 0 aliphatic rings. The molecular weight excluding hydrogens is 390 g/mol. The average molecular weight is 408 g/mol. The molecule has 0 aromatic carbocycles. The number of nitrogens with one attached hydrogen (secondary N) is 1. The Labute approximate surface area is 162 Å². The van der Waals surface area contributed by atoms with Crippen LogP contribution >= 0.6 is 34.4 Å². The first-order valence-corrected chi connectivity index (χ1v) is 10.3. The topological polar surface area (TPSA) is 103 Å². The van der Waals surface area contributed by atoms with E-state index < -0.39 is 0 Å². The van der Waals surface area contributed by atoms with Crippen LogP contribution in [0.5, 0.6) is 0 Å². The van der Waals surface area contributed by atoms with E-state index in [1.807, 2.05) is 36.8 Å². The first kappa shape index (κ1) is 18.6. The molecule has 2 amide bonds. The maximum Gasteiger partial charge on any atom is 0.259 e. The zero-order valence-corrected chi connectivity index (χ0v) is 16.8. The van der Waals surface area contributed by atoms with Crippen molar-refractivity contribution in [2.45, 2.75) is 25.0 Å². The zero-order chi connectivity index (χ0) is 18.8. The monoisotopic (exact) mass is 407 g/mol. The highest BCUT2D eigenvalue weighted by Crippen LogP contribution is 2.32. The summed E-state index contributed by atoms with van der Waals surface area (Å²) in [4.78, 5) is 32.3. The molecule has 0 aliphatic carbocycles. The molecule has 3 aromatic rings. The number of hydrogen-bond acceptors (Lipinski definition) is 7. The summed E-state index contributed by atoms with van der Waals surface area (Å²) in [6.45, 7) is 5.67. The minimum Gasteiger partial charge on any atom is -0.369 e. The molecule has 0 radical (unpaired) electrons. The van der Waals surface area contributed by atoms with Crippen LogP contribution in [0.3, 0.4) is 0 Å². The standard InChI is InChI=1S/C16H17N5O2S3/c1-8-6-11(10(3)21(8)16-18-4-5-24-16)13(23)20-15-19-9(2)14(26-15)25-7-12(17)22/h4-6H,7H2,1-3H3,(H2,17,22)(H,19,20,23). The molecule has 3 rings (SSSR count). The van der Waals surface area contributed by atoms with E-state index in [2.05, 4.69) is 15.3 Å². The Morgan fingerprint density at radius 3 is 2.77 bits per heavy atom. The summed E-state index contributed by atoms with van der Waals surface area (Å²) in [5.74, 6) is -0.421. The number of amides is 2. The van der Waals surface area contributed by atoms with E-state index in [1.54, 1.807) is 6.20 Å². The van der Waals surface area contributed by atoms with Gasteiger partial charge in [-0.25, -0.2) is 9.97 Å². The molecule has 10 heteroatoms. The van der Waals surface area contributed by atoms with Gasteiger partial charge in [-0.05, 0) is 26.8 Å². The predicted molar refractivity (Wildman–Crippen MR) is 106 cm³/mol. The minimum absolute atomic E-state index is 0.186. The number of aryl methyl sites for hydroxylation is 2. The van der Waals surface area contributed by atoms with Crippen LogP contribution in [0.4, 0.5) is 5.13 Å². The van der Waals surface area contributed by atoms with Crippen molar-refractivity contribution in [2.24, 2.45) is 5.73 Å². The SMILES string of the molecule is Cc1nc(NC(=O)c2cc(C)n(-c3nccs3)c2C)sc1SCC(N)=O. The Hall–Kier alpha value is -2.17. The smallest absolute Gasteiger partial charge is 0.259 e. The summed E-state index contributed by atoms with van der Waals surface area (Å²) < 4.78 is 2.83. The van der Waals surface area contributed by atoms with E-state index in [0.29, 0.717) is 10.7 Å². The largest absolute Gasteiger partial charge is 0.369 e. The van der Waals surface area contributed by atoms with E-state index in [4.69, 9.17) is 5.73 Å². The quantitative estimate of drug-likeness (QED) is 0.611. The van der Waals surface area contributed by atoms with E-state index >= 15 is 0 Å². The number of primary amides is 1. The number of aromatic nitrogens is 3. The normalized spacial score (nSPS) is 10.9. The summed E-state index contributed by atoms with van der Waals surface area (Å²) in [6.07, 6.45) is 1.74. The molecule has 0 saturated carbocycles. The number of nitrogens with zero attached hydrogens (tertiary/aromatic N) is 3. The number of hydrogen-bond donors (Lipinski definition) is 2. The second-order valence-electron chi connectivity index (χ2n) is 5.54. The molecule has 0 unspecified atom stereocenters. The molecular formula is C16H17N5O2S3. The van der Waals surface area contributed by atoms with Gasteiger partial charge in [-0.15, -0.1) is 23.1 Å². The Morgan fingerprint density at radius 1 is 1.35 bits per heavy atom. The van der Waals surface area contributed by atoms with Gasteiger partial charge in [0.25, 0.3) is 5.91 Å². The lowest BCUT2D eigenvalue weighted by atomic mass is 10.2. The first-order valence-electron chi connectivity index (χ1n) is 7.65. The van der Waals surface area contributed by atoms with Gasteiger partial charge in [0.1, 0.15) is 0 Å². The van der Waals surface area contributed by atoms with Crippen molar-refractivity contribution in [1.82, 2.24) is 14.5 Å². The molecule has 3 heterocycles. The van der Waals surface area contributed by atoms with Crippen molar-refractivity contribution in [1.29, 1.82) is 0 Å². The fourth-order valence-corrected chi connectivity index (χ4v) is 5.11. The van der Waals surface area contributed by atoms with Crippen molar-refractivity contribution in [3.63, 3.8) is 0 Å². The fraction of sp³-hybridized carbons (Fsp3) is 0.250. The van der Waals surface area contributed by atoms with E-state index in [1.165, 1.54) is 34.4 Å². The van der Waals surface area contributed by atoms with E-state index in [-0.39, 0.29) is 17.6 Å². The minimum atomic E-state index is -0.386. The molecule has 3 N–H and O–H groups in total. The van der Waals surface area contributed by atoms with Gasteiger partial charge in [0, 0.05) is 23.0 Å². The zero-order valence-electron chi connectivity index (χ0n) is 14.4. The van der Waals surface area contributed by atoms with E-state index in [0.717, 1.165) is 26.4 Å². The third kappa shape index (κ3) is 3.81. The number of thiazole rings is 2. The lowest BCUT2D eigenvalue weighted by Gasteiger charge is -2.05. The van der Waals surface area contributed by atoms with Crippen molar-refractivity contribution in [2.75, 3.05) is 11.1 Å². The first-order chi connectivity index (χ1) is 12.4. The molecule has 0 bridgehead atoms. The van der Waals surface area contributed by atoms with Crippen LogP contribution in [-0.4, -0.2) is 32.1 Å². The Kier molecular flexibility index (Phi) is 5.44. The summed E-state index contributed by atoms with van der Waals surface area (Å²) in [5.41, 5.74) is 8.29. The third-order valence-electron chi connectivity index (χ3n) is 3.61. The molecule has 0 fully saturated rings. The van der Waals surface area contributed by atoms with Crippen molar-refractivity contribution < 1.29 is 9.59 Å². The van der Waals surface area contributed by atoms with Crippen molar-refractivity contribution >= 4 is 51.4 Å². The van der Waals surface area contributed by atoms with Gasteiger partial charge in [0.2, 0.25) is 5.91 Å². The molecule has 0 spiro atoms. The Morgan fingerprint density at radius 2 is 2.12 bits per heavy atom. The maximum absolute atomic E-state index is 12.7. The molecule has 136 valence electrons. The average Bonchev–Trinajstić information content (AvgIpc) is 3.26. The van der Waals surface area contributed by atoms with Crippen LogP contribution in [0.1, 0.15) is 27.4 Å². The molecule has 3 aromatic heterocycles. The fourth-order valence-electron chi connectivity index (χ4n) is 2.48. The number of carbonyl (C=O) groups excluding carboxylic acids is 2. The van der Waals surface area contributed by atoms with E-state index in [9.17, 15) is 9.59 Å². The Balaban J connectivity index is 1.80. The summed E-state index contributed by atoms with van der Waals surface area (Å²) in [7, 11) is 0. The molecule has 7 nitrogen and oxygen atoms in total. The maximum atomic E-state index is 12.7. The highest BCUT2D eigenvalue weighted by molar-refractivity contribution is 8.01. The lowest BCUT2D eigenvalue weighted by Crippen LogP contribution is -2.13. The van der Waals surface area contributed by atoms with Crippen LogP contribution < -0.4 is 11.1 Å². The van der Waals surface area contributed by atoms with Crippen LogP contribution in [-0.2, 0) is 4.79 Å². The van der Waals surface area contributed by atoms with Gasteiger partial charge < -0.3 is 5.73 Å². The lowest BCUT2D eigenvalue weighted by molar-refractivity contribution is -0.115. The highest BCUT2D eigenvalue weighted by atomic mass is 32.2. The van der Waals surface area contributed by atoms with Crippen LogP contribution in [0, 0.1) is 20.8 Å². The number of nitrogens with two attached hydrogens (primary N) is 1. The molecule has 0 aliphatic heterocycles. The Bertz CT molecular complexity index is 959. The molecule has 26 heavy (non-hydrogen) atoms. The van der Waals surface area contributed by atoms with Crippen LogP contribution in [0.2, 0.25) is 0 Å². The number of thioether (sulfide) groups is 1. The van der Waals surface area contributed by atoms with Crippen molar-refractivity contribution in [3.8, 4) is 5.13 Å². The molecule has 0 atom stereocenters.